The Balaban J connectivity index is 1.24. The summed E-state index contributed by atoms with van der Waals surface area (Å²) in [5.41, 5.74) is 2.61. The SMILES string of the molecule is COc1ccc(N2CCN(CCCNC(=S)NCCc3ccccc3)CC2)cc1. The molecular weight excluding hydrogens is 380 g/mol. The van der Waals surface area contributed by atoms with E-state index in [4.69, 9.17) is 17.0 Å². The van der Waals surface area contributed by atoms with Gasteiger partial charge in [-0.1, -0.05) is 30.3 Å². The lowest BCUT2D eigenvalue weighted by Crippen LogP contribution is -2.47. The zero-order valence-electron chi connectivity index (χ0n) is 17.3. The van der Waals surface area contributed by atoms with Crippen molar-refractivity contribution in [2.75, 3.05) is 57.8 Å². The van der Waals surface area contributed by atoms with Crippen LogP contribution in [0.1, 0.15) is 12.0 Å². The fraction of sp³-hybridized carbons (Fsp3) is 0.435. The minimum atomic E-state index is 0.755. The summed E-state index contributed by atoms with van der Waals surface area (Å²) in [5, 5.41) is 7.37. The Morgan fingerprint density at radius 1 is 0.931 bits per heavy atom. The van der Waals surface area contributed by atoms with Crippen LogP contribution in [-0.4, -0.2) is 62.9 Å². The maximum absolute atomic E-state index is 5.38. The topological polar surface area (TPSA) is 39.8 Å². The summed E-state index contributed by atoms with van der Waals surface area (Å²) in [6, 6.07) is 18.8. The van der Waals surface area contributed by atoms with Crippen LogP contribution in [0.15, 0.2) is 54.6 Å². The van der Waals surface area contributed by atoms with E-state index in [0.717, 1.165) is 69.5 Å². The number of nitrogens with zero attached hydrogens (tertiary/aromatic N) is 2. The number of benzene rings is 2. The van der Waals surface area contributed by atoms with E-state index in [-0.39, 0.29) is 0 Å². The molecule has 1 aliphatic rings. The fourth-order valence-electron chi connectivity index (χ4n) is 3.55. The number of piperazine rings is 1. The highest BCUT2D eigenvalue weighted by atomic mass is 32.1. The molecule has 29 heavy (non-hydrogen) atoms. The highest BCUT2D eigenvalue weighted by molar-refractivity contribution is 7.80. The number of hydrogen-bond acceptors (Lipinski definition) is 4. The first-order chi connectivity index (χ1) is 14.2. The van der Waals surface area contributed by atoms with Crippen LogP contribution in [0.3, 0.4) is 0 Å². The molecule has 156 valence electrons. The summed E-state index contributed by atoms with van der Waals surface area (Å²) >= 11 is 5.38. The summed E-state index contributed by atoms with van der Waals surface area (Å²) in [6.45, 7) is 7.23. The normalized spacial score (nSPS) is 14.4. The van der Waals surface area contributed by atoms with Crippen molar-refractivity contribution in [2.45, 2.75) is 12.8 Å². The second kappa shape index (κ2) is 11.6. The molecular formula is C23H32N4OS. The van der Waals surface area contributed by atoms with Gasteiger partial charge in [-0.2, -0.15) is 0 Å². The molecule has 6 heteroatoms. The number of methoxy groups -OCH3 is 1. The van der Waals surface area contributed by atoms with E-state index in [1.54, 1.807) is 7.11 Å². The predicted octanol–water partition coefficient (Wildman–Crippen LogP) is 2.91. The van der Waals surface area contributed by atoms with Gasteiger partial charge in [0.15, 0.2) is 5.11 Å². The summed E-state index contributed by atoms with van der Waals surface area (Å²) in [4.78, 5) is 4.98. The van der Waals surface area contributed by atoms with Crippen molar-refractivity contribution in [1.82, 2.24) is 15.5 Å². The van der Waals surface area contributed by atoms with Crippen molar-refractivity contribution in [3.63, 3.8) is 0 Å². The molecule has 2 aromatic rings. The van der Waals surface area contributed by atoms with E-state index in [1.807, 2.05) is 18.2 Å². The maximum Gasteiger partial charge on any atom is 0.166 e. The van der Waals surface area contributed by atoms with Crippen molar-refractivity contribution in [3.05, 3.63) is 60.2 Å². The first-order valence-corrected chi connectivity index (χ1v) is 10.8. The van der Waals surface area contributed by atoms with Gasteiger partial charge in [0.25, 0.3) is 0 Å². The van der Waals surface area contributed by atoms with Gasteiger partial charge in [0, 0.05) is 45.0 Å². The molecule has 0 aromatic heterocycles. The second-order valence-electron chi connectivity index (χ2n) is 7.30. The second-order valence-corrected chi connectivity index (χ2v) is 7.71. The van der Waals surface area contributed by atoms with E-state index in [0.29, 0.717) is 0 Å². The lowest BCUT2D eigenvalue weighted by atomic mass is 10.1. The molecule has 1 heterocycles. The van der Waals surface area contributed by atoms with Gasteiger partial charge in [-0.05, 0) is 61.4 Å². The highest BCUT2D eigenvalue weighted by Gasteiger charge is 2.16. The van der Waals surface area contributed by atoms with Gasteiger partial charge in [-0.15, -0.1) is 0 Å². The lowest BCUT2D eigenvalue weighted by molar-refractivity contribution is 0.255. The van der Waals surface area contributed by atoms with Crippen LogP contribution in [0.4, 0.5) is 5.69 Å². The van der Waals surface area contributed by atoms with Crippen LogP contribution in [-0.2, 0) is 6.42 Å². The van der Waals surface area contributed by atoms with E-state index in [1.165, 1.54) is 11.3 Å². The first kappa shape index (κ1) is 21.4. The van der Waals surface area contributed by atoms with E-state index >= 15 is 0 Å². The van der Waals surface area contributed by atoms with E-state index in [2.05, 4.69) is 56.8 Å². The van der Waals surface area contributed by atoms with Crippen LogP contribution < -0.4 is 20.3 Å². The lowest BCUT2D eigenvalue weighted by Gasteiger charge is -2.36. The maximum atomic E-state index is 5.38. The number of anilines is 1. The van der Waals surface area contributed by atoms with Gasteiger partial charge in [0.2, 0.25) is 0 Å². The molecule has 0 radical (unpaired) electrons. The van der Waals surface area contributed by atoms with Gasteiger partial charge in [-0.3, -0.25) is 4.90 Å². The third-order valence-corrected chi connectivity index (χ3v) is 5.58. The zero-order chi connectivity index (χ0) is 20.3. The molecule has 5 nitrogen and oxygen atoms in total. The largest absolute Gasteiger partial charge is 0.497 e. The van der Waals surface area contributed by atoms with Gasteiger partial charge in [-0.25, -0.2) is 0 Å². The van der Waals surface area contributed by atoms with Crippen LogP contribution in [0.2, 0.25) is 0 Å². The summed E-state index contributed by atoms with van der Waals surface area (Å²) in [7, 11) is 1.70. The Kier molecular flexibility index (Phi) is 8.58. The van der Waals surface area contributed by atoms with Crippen molar-refractivity contribution >= 4 is 23.0 Å². The Morgan fingerprint density at radius 3 is 2.31 bits per heavy atom. The molecule has 0 spiro atoms. The molecule has 2 aromatic carbocycles. The summed E-state index contributed by atoms with van der Waals surface area (Å²) in [6.07, 6.45) is 2.09. The quantitative estimate of drug-likeness (QED) is 0.488. The van der Waals surface area contributed by atoms with Gasteiger partial charge in [0.1, 0.15) is 5.75 Å². The Bertz CT molecular complexity index is 730. The van der Waals surface area contributed by atoms with E-state index in [9.17, 15) is 0 Å². The molecule has 2 N–H and O–H groups in total. The molecule has 0 amide bonds. The molecule has 1 aliphatic heterocycles. The number of rotatable bonds is 9. The van der Waals surface area contributed by atoms with Crippen molar-refractivity contribution in [3.8, 4) is 5.75 Å². The standard InChI is InChI=1S/C23H32N4OS/c1-28-22-10-8-21(9-11-22)27-18-16-26(17-19-27)15-5-13-24-23(29)25-14-12-20-6-3-2-4-7-20/h2-4,6-11H,5,12-19H2,1H3,(H2,24,25,29). The van der Waals surface area contributed by atoms with Crippen molar-refractivity contribution in [2.24, 2.45) is 0 Å². The number of hydrogen-bond donors (Lipinski definition) is 2. The number of thiocarbonyl (C=S) groups is 1. The number of ether oxygens (including phenoxy) is 1. The smallest absolute Gasteiger partial charge is 0.166 e. The van der Waals surface area contributed by atoms with Crippen molar-refractivity contribution < 1.29 is 4.74 Å². The summed E-state index contributed by atoms with van der Waals surface area (Å²) in [5.74, 6) is 0.910. The molecule has 0 aliphatic carbocycles. The van der Waals surface area contributed by atoms with Crippen LogP contribution >= 0.6 is 12.2 Å². The van der Waals surface area contributed by atoms with E-state index < -0.39 is 0 Å². The molecule has 0 bridgehead atoms. The average Bonchev–Trinajstić information content (AvgIpc) is 2.78. The van der Waals surface area contributed by atoms with Gasteiger partial charge in [0.05, 0.1) is 7.11 Å². The zero-order valence-corrected chi connectivity index (χ0v) is 18.1. The molecule has 0 saturated carbocycles. The van der Waals surface area contributed by atoms with Crippen molar-refractivity contribution in [1.29, 1.82) is 0 Å². The molecule has 1 fully saturated rings. The Morgan fingerprint density at radius 2 is 1.62 bits per heavy atom. The fourth-order valence-corrected chi connectivity index (χ4v) is 3.76. The molecule has 0 unspecified atom stereocenters. The van der Waals surface area contributed by atoms with Gasteiger partial charge < -0.3 is 20.3 Å². The number of nitrogens with one attached hydrogen (secondary N) is 2. The monoisotopic (exact) mass is 412 g/mol. The minimum Gasteiger partial charge on any atom is -0.497 e. The van der Waals surface area contributed by atoms with Crippen LogP contribution in [0.25, 0.3) is 0 Å². The third kappa shape index (κ3) is 7.22. The van der Waals surface area contributed by atoms with Crippen LogP contribution in [0.5, 0.6) is 5.75 Å². The average molecular weight is 413 g/mol. The highest BCUT2D eigenvalue weighted by Crippen LogP contribution is 2.20. The summed E-state index contributed by atoms with van der Waals surface area (Å²) < 4.78 is 5.24. The third-order valence-electron chi connectivity index (χ3n) is 5.29. The minimum absolute atomic E-state index is 0.755. The van der Waals surface area contributed by atoms with Crippen LogP contribution in [0, 0.1) is 0 Å². The molecule has 0 atom stereocenters. The first-order valence-electron chi connectivity index (χ1n) is 10.4. The van der Waals surface area contributed by atoms with Gasteiger partial charge >= 0.3 is 0 Å². The Labute approximate surface area is 180 Å². The Hall–Kier alpha value is -2.31. The molecule has 1 saturated heterocycles. The predicted molar refractivity (Wildman–Crippen MR) is 125 cm³/mol. The molecule has 3 rings (SSSR count).